The average molecular weight is 234 g/mol. The van der Waals surface area contributed by atoms with Crippen LogP contribution in [0.4, 0.5) is 0 Å². The topological polar surface area (TPSA) is 29.9 Å². The Bertz CT molecular complexity index is 501. The Morgan fingerprint density at radius 2 is 2.06 bits per heavy atom. The van der Waals surface area contributed by atoms with E-state index in [-0.39, 0.29) is 0 Å². The second-order valence-corrected chi connectivity index (χ2v) is 4.35. The van der Waals surface area contributed by atoms with Gasteiger partial charge in [-0.2, -0.15) is 5.10 Å². The third kappa shape index (κ3) is 1.62. The van der Waals surface area contributed by atoms with Gasteiger partial charge >= 0.3 is 0 Å². The molecule has 0 amide bonds. The van der Waals surface area contributed by atoms with Crippen molar-refractivity contribution >= 4 is 11.6 Å². The Morgan fingerprint density at radius 3 is 2.88 bits per heavy atom. The molecule has 3 rings (SSSR count). The molecule has 4 heteroatoms. The second kappa shape index (κ2) is 3.92. The minimum atomic E-state index is 0.767. The first-order valence-corrected chi connectivity index (χ1v) is 5.74. The van der Waals surface area contributed by atoms with E-state index in [1.807, 2.05) is 30.5 Å². The molecular weight excluding hydrogens is 222 g/mol. The molecule has 0 atom stereocenters. The molecule has 0 saturated carbocycles. The predicted molar refractivity (Wildman–Crippen MR) is 64.4 cm³/mol. The standard InChI is InChI=1S/C12H12ClN3/c13-10-3-1-9(2-4-10)11-7-15-16-6-5-14-8-12(11)16/h1-4,7,14H,5-6,8H2. The van der Waals surface area contributed by atoms with Gasteiger partial charge in [-0.1, -0.05) is 23.7 Å². The van der Waals surface area contributed by atoms with Crippen molar-refractivity contribution in [3.05, 3.63) is 41.2 Å². The SMILES string of the molecule is Clc1ccc(-c2cnn3c2CNCC3)cc1. The van der Waals surface area contributed by atoms with Crippen LogP contribution < -0.4 is 5.32 Å². The first-order chi connectivity index (χ1) is 7.84. The highest BCUT2D eigenvalue weighted by atomic mass is 35.5. The van der Waals surface area contributed by atoms with Gasteiger partial charge in [-0.15, -0.1) is 0 Å². The zero-order valence-electron chi connectivity index (χ0n) is 8.78. The summed E-state index contributed by atoms with van der Waals surface area (Å²) in [5, 5.41) is 8.53. The molecule has 0 fully saturated rings. The van der Waals surface area contributed by atoms with Crippen LogP contribution in [0.1, 0.15) is 5.69 Å². The maximum atomic E-state index is 5.88. The quantitative estimate of drug-likeness (QED) is 0.819. The molecule has 0 aliphatic carbocycles. The fourth-order valence-electron chi connectivity index (χ4n) is 2.05. The van der Waals surface area contributed by atoms with Crippen molar-refractivity contribution < 1.29 is 0 Å². The number of nitrogens with one attached hydrogen (secondary N) is 1. The minimum Gasteiger partial charge on any atom is -0.309 e. The molecule has 1 aromatic carbocycles. The summed E-state index contributed by atoms with van der Waals surface area (Å²) in [5.74, 6) is 0. The summed E-state index contributed by atoms with van der Waals surface area (Å²) in [6, 6.07) is 7.90. The number of halogens is 1. The molecule has 1 aliphatic rings. The van der Waals surface area contributed by atoms with E-state index in [0.717, 1.165) is 24.7 Å². The van der Waals surface area contributed by atoms with Gasteiger partial charge < -0.3 is 5.32 Å². The number of hydrogen-bond donors (Lipinski definition) is 1. The van der Waals surface area contributed by atoms with Gasteiger partial charge in [0.1, 0.15) is 0 Å². The van der Waals surface area contributed by atoms with E-state index in [0.29, 0.717) is 0 Å². The summed E-state index contributed by atoms with van der Waals surface area (Å²) in [5.41, 5.74) is 3.63. The third-order valence-electron chi connectivity index (χ3n) is 2.90. The number of nitrogens with zero attached hydrogens (tertiary/aromatic N) is 2. The van der Waals surface area contributed by atoms with Gasteiger partial charge in [-0.25, -0.2) is 0 Å². The number of benzene rings is 1. The summed E-state index contributed by atoms with van der Waals surface area (Å²) in [7, 11) is 0. The van der Waals surface area contributed by atoms with E-state index in [1.54, 1.807) is 0 Å². The van der Waals surface area contributed by atoms with E-state index in [9.17, 15) is 0 Å². The molecule has 2 aromatic rings. The normalized spacial score (nSPS) is 14.8. The Kier molecular flexibility index (Phi) is 2.42. The molecule has 1 aliphatic heterocycles. The van der Waals surface area contributed by atoms with Crippen LogP contribution in [0.25, 0.3) is 11.1 Å². The van der Waals surface area contributed by atoms with Gasteiger partial charge in [0, 0.05) is 23.7 Å². The highest BCUT2D eigenvalue weighted by Gasteiger charge is 2.14. The van der Waals surface area contributed by atoms with Gasteiger partial charge in [0.2, 0.25) is 0 Å². The third-order valence-corrected chi connectivity index (χ3v) is 3.15. The van der Waals surface area contributed by atoms with Gasteiger partial charge in [-0.3, -0.25) is 4.68 Å². The Labute approximate surface area is 99.0 Å². The van der Waals surface area contributed by atoms with Crippen LogP contribution in [-0.2, 0) is 13.1 Å². The molecular formula is C12H12ClN3. The number of hydrogen-bond acceptors (Lipinski definition) is 2. The van der Waals surface area contributed by atoms with Crippen molar-refractivity contribution in [2.45, 2.75) is 13.1 Å². The lowest BCUT2D eigenvalue weighted by atomic mass is 10.1. The van der Waals surface area contributed by atoms with Gasteiger partial charge in [0.15, 0.2) is 0 Å². The molecule has 2 heterocycles. The zero-order chi connectivity index (χ0) is 11.0. The molecule has 1 N–H and O–H groups in total. The van der Waals surface area contributed by atoms with E-state index in [2.05, 4.69) is 15.1 Å². The van der Waals surface area contributed by atoms with Gasteiger partial charge in [0.25, 0.3) is 0 Å². The van der Waals surface area contributed by atoms with Crippen molar-refractivity contribution in [3.8, 4) is 11.1 Å². The molecule has 0 spiro atoms. The Hall–Kier alpha value is -1.32. The van der Waals surface area contributed by atoms with Crippen LogP contribution in [-0.4, -0.2) is 16.3 Å². The largest absolute Gasteiger partial charge is 0.309 e. The highest BCUT2D eigenvalue weighted by molar-refractivity contribution is 6.30. The van der Waals surface area contributed by atoms with Crippen LogP contribution in [0.3, 0.4) is 0 Å². The summed E-state index contributed by atoms with van der Waals surface area (Å²) in [6.07, 6.45) is 1.94. The van der Waals surface area contributed by atoms with Crippen LogP contribution in [0.15, 0.2) is 30.5 Å². The summed E-state index contributed by atoms with van der Waals surface area (Å²) in [4.78, 5) is 0. The van der Waals surface area contributed by atoms with Crippen LogP contribution in [0, 0.1) is 0 Å². The molecule has 1 aromatic heterocycles. The summed E-state index contributed by atoms with van der Waals surface area (Å²) < 4.78 is 2.07. The highest BCUT2D eigenvalue weighted by Crippen LogP contribution is 2.25. The van der Waals surface area contributed by atoms with Crippen molar-refractivity contribution in [3.63, 3.8) is 0 Å². The second-order valence-electron chi connectivity index (χ2n) is 3.91. The van der Waals surface area contributed by atoms with Crippen LogP contribution in [0.2, 0.25) is 5.02 Å². The molecule has 0 radical (unpaired) electrons. The number of rotatable bonds is 1. The first kappa shape index (κ1) is 9.87. The van der Waals surface area contributed by atoms with Crippen LogP contribution in [0.5, 0.6) is 0 Å². The van der Waals surface area contributed by atoms with Gasteiger partial charge in [0.05, 0.1) is 18.4 Å². The summed E-state index contributed by atoms with van der Waals surface area (Å²) >= 11 is 5.88. The van der Waals surface area contributed by atoms with Gasteiger partial charge in [-0.05, 0) is 17.7 Å². The van der Waals surface area contributed by atoms with Crippen molar-refractivity contribution in [1.29, 1.82) is 0 Å². The summed E-state index contributed by atoms with van der Waals surface area (Å²) in [6.45, 7) is 2.83. The smallest absolute Gasteiger partial charge is 0.0601 e. The van der Waals surface area contributed by atoms with E-state index in [4.69, 9.17) is 11.6 Å². The average Bonchev–Trinajstić information content (AvgIpc) is 2.74. The Morgan fingerprint density at radius 1 is 1.25 bits per heavy atom. The molecule has 16 heavy (non-hydrogen) atoms. The molecule has 3 nitrogen and oxygen atoms in total. The van der Waals surface area contributed by atoms with Crippen molar-refractivity contribution in [1.82, 2.24) is 15.1 Å². The minimum absolute atomic E-state index is 0.767. The Balaban J connectivity index is 2.06. The van der Waals surface area contributed by atoms with E-state index in [1.165, 1.54) is 16.8 Å². The van der Waals surface area contributed by atoms with E-state index >= 15 is 0 Å². The number of aromatic nitrogens is 2. The number of fused-ring (bicyclic) bond motifs is 1. The zero-order valence-corrected chi connectivity index (χ0v) is 9.54. The molecule has 0 saturated heterocycles. The molecule has 0 unspecified atom stereocenters. The monoisotopic (exact) mass is 233 g/mol. The fraction of sp³-hybridized carbons (Fsp3) is 0.250. The van der Waals surface area contributed by atoms with Crippen LogP contribution >= 0.6 is 11.6 Å². The van der Waals surface area contributed by atoms with Crippen molar-refractivity contribution in [2.24, 2.45) is 0 Å². The maximum Gasteiger partial charge on any atom is 0.0601 e. The fourth-order valence-corrected chi connectivity index (χ4v) is 2.18. The maximum absolute atomic E-state index is 5.88. The predicted octanol–water partition coefficient (Wildman–Crippen LogP) is 2.31. The molecule has 0 bridgehead atoms. The van der Waals surface area contributed by atoms with Crippen molar-refractivity contribution in [2.75, 3.05) is 6.54 Å². The van der Waals surface area contributed by atoms with E-state index < -0.39 is 0 Å². The lowest BCUT2D eigenvalue weighted by molar-refractivity contribution is 0.476. The molecule has 82 valence electrons. The first-order valence-electron chi connectivity index (χ1n) is 5.36. The lowest BCUT2D eigenvalue weighted by Gasteiger charge is -2.16. The lowest BCUT2D eigenvalue weighted by Crippen LogP contribution is -2.28.